The zero-order valence-electron chi connectivity index (χ0n) is 45.7. The van der Waals surface area contributed by atoms with Crippen LogP contribution in [0, 0.1) is 23.2 Å². The minimum atomic E-state index is -0.572. The van der Waals surface area contributed by atoms with E-state index >= 15 is 0 Å². The number of H-pyrrole nitrogens is 2. The van der Waals surface area contributed by atoms with Crippen molar-refractivity contribution in [1.29, 1.82) is 0 Å². The summed E-state index contributed by atoms with van der Waals surface area (Å²) in [6.45, 7) is 22.9. The monoisotopic (exact) mass is 986 g/mol. The van der Waals surface area contributed by atoms with Gasteiger partial charge in [0.2, 0.25) is 5.91 Å². The molecule has 1 aromatic carbocycles. The number of hydrogen-bond acceptors (Lipinski definition) is 8. The van der Waals surface area contributed by atoms with Gasteiger partial charge in [-0.15, -0.1) is 0 Å². The van der Waals surface area contributed by atoms with E-state index in [0.717, 1.165) is 106 Å². The molecular weight excluding hydrogens is 899 g/mol. The molecule has 8 unspecified atom stereocenters. The van der Waals surface area contributed by atoms with Crippen molar-refractivity contribution in [3.8, 4) is 11.4 Å². The molecule has 3 aliphatic rings. The Morgan fingerprint density at radius 1 is 0.889 bits per heavy atom. The number of hydrogen-bond donors (Lipinski definition) is 4. The SMILES string of the molecule is CC=C(/C=C\C(C)c1ncc(C(CC)CCCCC(=O)C(NC(=O)OC)C(C)C)[nH]1)C1CCC(c2ccc(-c3ncc(C4CCCC(C(=O)C(NC(C)=O)C(C)C)C4)[nH]3)cc2)N1C1=CC=C(C(C)(C)C)CC1. The first-order valence-corrected chi connectivity index (χ1v) is 27.2. The van der Waals surface area contributed by atoms with Gasteiger partial charge in [-0.25, -0.2) is 14.8 Å². The number of unbranched alkanes of at least 4 members (excludes halogenated alkanes) is 1. The number of benzene rings is 1. The Morgan fingerprint density at radius 3 is 2.25 bits per heavy atom. The number of nitrogens with zero attached hydrogens (tertiary/aromatic N) is 3. The van der Waals surface area contributed by atoms with E-state index in [4.69, 9.17) is 14.7 Å². The van der Waals surface area contributed by atoms with Gasteiger partial charge in [0.1, 0.15) is 11.6 Å². The highest BCUT2D eigenvalue weighted by atomic mass is 16.5. The van der Waals surface area contributed by atoms with Crippen molar-refractivity contribution < 1.29 is 23.9 Å². The topological polar surface area (TPSA) is 162 Å². The van der Waals surface area contributed by atoms with E-state index in [1.54, 1.807) is 0 Å². The molecule has 4 N–H and O–H groups in total. The van der Waals surface area contributed by atoms with E-state index < -0.39 is 18.2 Å². The molecular formula is C60H87N7O5. The summed E-state index contributed by atoms with van der Waals surface area (Å²) in [4.78, 5) is 70.1. The third kappa shape index (κ3) is 14.2. The van der Waals surface area contributed by atoms with Gasteiger partial charge in [0.05, 0.1) is 31.3 Å². The number of rotatable bonds is 22. The number of aromatic amines is 2. The van der Waals surface area contributed by atoms with Crippen LogP contribution < -0.4 is 10.6 Å². The van der Waals surface area contributed by atoms with Crippen LogP contribution in [0.3, 0.4) is 0 Å². The standard InChI is InChI=1S/C60H87N7O5/c1-13-41(18-15-16-21-53(69)54(37(3)4)66-59(71)72-12)49-35-61-57(64-49)39(7)22-23-42(14-2)51-32-33-52(67(51)48-30-28-47(29-31-48)60(9,10)11)43-24-26-44(27-25-43)58-62-36-50(65-58)45-19-17-20-46(34-45)56(70)55(38(5)6)63-40(8)68/h14,22-28,30,35-39,41,45-46,51-52,54-55H,13,15-21,29,31-34H2,1-12H3,(H,61,64)(H,62,65)(H,63,68)(H,66,71)/b23-22-,42-14?. The molecule has 1 saturated heterocycles. The normalized spacial score (nSPS) is 21.6. The van der Waals surface area contributed by atoms with Gasteiger partial charge in [0, 0.05) is 72.1 Å². The van der Waals surface area contributed by atoms with Crippen LogP contribution in [-0.4, -0.2) is 73.6 Å². The van der Waals surface area contributed by atoms with Crippen molar-refractivity contribution >= 4 is 23.6 Å². The smallest absolute Gasteiger partial charge is 0.407 e. The van der Waals surface area contributed by atoms with Gasteiger partial charge < -0.3 is 30.2 Å². The number of aromatic nitrogens is 4. The summed E-state index contributed by atoms with van der Waals surface area (Å²) < 4.78 is 4.74. The average molecular weight is 986 g/mol. The van der Waals surface area contributed by atoms with Crippen molar-refractivity contribution in [1.82, 2.24) is 35.5 Å². The molecule has 72 heavy (non-hydrogen) atoms. The van der Waals surface area contributed by atoms with Crippen LogP contribution in [0.15, 0.2) is 83.9 Å². The lowest BCUT2D eigenvalue weighted by atomic mass is 9.75. The van der Waals surface area contributed by atoms with Gasteiger partial charge in [0.15, 0.2) is 11.6 Å². The van der Waals surface area contributed by atoms with E-state index in [1.807, 2.05) is 40.1 Å². The van der Waals surface area contributed by atoms with Crippen molar-refractivity contribution in [2.75, 3.05) is 7.11 Å². The maximum atomic E-state index is 13.6. The highest BCUT2D eigenvalue weighted by Gasteiger charge is 2.38. The third-order valence-electron chi connectivity index (χ3n) is 15.8. The molecule has 1 aliphatic heterocycles. The van der Waals surface area contributed by atoms with Gasteiger partial charge in [0.25, 0.3) is 0 Å². The molecule has 0 spiro atoms. The number of nitrogens with one attached hydrogen (secondary N) is 4. The molecule has 392 valence electrons. The zero-order valence-corrected chi connectivity index (χ0v) is 45.7. The fourth-order valence-corrected chi connectivity index (χ4v) is 11.4. The lowest BCUT2D eigenvalue weighted by Crippen LogP contribution is -2.46. The minimum Gasteiger partial charge on any atom is -0.453 e. The summed E-state index contributed by atoms with van der Waals surface area (Å²) in [7, 11) is 1.32. The predicted molar refractivity (Wildman–Crippen MR) is 289 cm³/mol. The van der Waals surface area contributed by atoms with Crippen LogP contribution in [0.5, 0.6) is 0 Å². The van der Waals surface area contributed by atoms with Crippen LogP contribution in [-0.2, 0) is 19.1 Å². The molecule has 8 atom stereocenters. The maximum absolute atomic E-state index is 13.6. The number of Topliss-reactive ketones (excluding diaryl/α,β-unsaturated/α-hetero) is 2. The van der Waals surface area contributed by atoms with Crippen LogP contribution in [0.25, 0.3) is 11.4 Å². The van der Waals surface area contributed by atoms with Crippen LogP contribution in [0.4, 0.5) is 4.79 Å². The van der Waals surface area contributed by atoms with Gasteiger partial charge in [-0.1, -0.05) is 129 Å². The second-order valence-corrected chi connectivity index (χ2v) is 22.6. The number of carbonyl (C=O) groups excluding carboxylic acids is 4. The van der Waals surface area contributed by atoms with E-state index in [0.29, 0.717) is 12.3 Å². The lowest BCUT2D eigenvalue weighted by Gasteiger charge is -2.38. The first-order chi connectivity index (χ1) is 34.3. The summed E-state index contributed by atoms with van der Waals surface area (Å²) in [5.74, 6) is 2.42. The Labute approximate surface area is 431 Å². The number of imidazole rings is 2. The Bertz CT molecular complexity index is 2430. The molecule has 0 radical (unpaired) electrons. The van der Waals surface area contributed by atoms with E-state index in [-0.39, 0.29) is 64.6 Å². The fraction of sp³-hybridized carbons (Fsp3) is 0.600. The summed E-state index contributed by atoms with van der Waals surface area (Å²) in [5, 5.41) is 5.62. The molecule has 2 aliphatic carbocycles. The summed E-state index contributed by atoms with van der Waals surface area (Å²) in [6, 6.07) is 8.45. The van der Waals surface area contributed by atoms with Crippen LogP contribution in [0.2, 0.25) is 0 Å². The highest BCUT2D eigenvalue weighted by Crippen LogP contribution is 2.46. The highest BCUT2D eigenvalue weighted by molar-refractivity contribution is 5.90. The first kappa shape index (κ1) is 55.8. The van der Waals surface area contributed by atoms with Crippen molar-refractivity contribution in [3.63, 3.8) is 0 Å². The van der Waals surface area contributed by atoms with Gasteiger partial charge in [-0.05, 0) is 106 Å². The third-order valence-corrected chi connectivity index (χ3v) is 15.8. The molecule has 1 saturated carbocycles. The van der Waals surface area contributed by atoms with Crippen molar-refractivity contribution in [2.45, 2.75) is 202 Å². The van der Waals surface area contributed by atoms with Crippen molar-refractivity contribution in [2.24, 2.45) is 23.2 Å². The fourth-order valence-electron chi connectivity index (χ4n) is 11.4. The molecule has 12 nitrogen and oxygen atoms in total. The Morgan fingerprint density at radius 2 is 1.62 bits per heavy atom. The molecule has 2 aromatic heterocycles. The van der Waals surface area contributed by atoms with E-state index in [1.165, 1.54) is 36.4 Å². The minimum absolute atomic E-state index is 0.00854. The van der Waals surface area contributed by atoms with Crippen molar-refractivity contribution in [3.05, 3.63) is 107 Å². The molecule has 6 rings (SSSR count). The lowest BCUT2D eigenvalue weighted by molar-refractivity contribution is -0.131. The summed E-state index contributed by atoms with van der Waals surface area (Å²) in [5.41, 5.74) is 8.89. The number of amides is 2. The first-order valence-electron chi connectivity index (χ1n) is 27.2. The Kier molecular flexibility index (Phi) is 19.7. The van der Waals surface area contributed by atoms with Crippen LogP contribution in [0.1, 0.15) is 206 Å². The molecule has 3 heterocycles. The second-order valence-electron chi connectivity index (χ2n) is 22.6. The number of likely N-dealkylation sites (tertiary alicyclic amines) is 1. The number of ketones is 2. The van der Waals surface area contributed by atoms with Gasteiger partial charge in [-0.3, -0.25) is 14.4 Å². The summed E-state index contributed by atoms with van der Waals surface area (Å²) >= 11 is 0. The number of ether oxygens (including phenoxy) is 1. The average Bonchev–Trinajstić information content (AvgIpc) is 4.16. The second kappa shape index (κ2) is 25.4. The maximum Gasteiger partial charge on any atom is 0.407 e. The Hall–Kier alpha value is -5.52. The van der Waals surface area contributed by atoms with Gasteiger partial charge in [-0.2, -0.15) is 0 Å². The quantitative estimate of drug-likeness (QED) is 0.0571. The summed E-state index contributed by atoms with van der Waals surface area (Å²) in [6.07, 6.45) is 26.8. The van der Waals surface area contributed by atoms with E-state index in [9.17, 15) is 19.2 Å². The van der Waals surface area contributed by atoms with Gasteiger partial charge >= 0.3 is 6.09 Å². The molecule has 12 heteroatoms. The molecule has 2 fully saturated rings. The Balaban J connectivity index is 1.13. The van der Waals surface area contributed by atoms with Crippen LogP contribution >= 0.6 is 0 Å². The largest absolute Gasteiger partial charge is 0.453 e. The molecule has 0 bridgehead atoms. The number of alkyl carbamates (subject to hydrolysis) is 1. The number of allylic oxidation sites excluding steroid dienone is 6. The molecule has 2 amide bonds. The predicted octanol–water partition coefficient (Wildman–Crippen LogP) is 13.3. The van der Waals surface area contributed by atoms with E-state index in [2.05, 4.69) is 122 Å². The molecule has 3 aromatic rings. The number of methoxy groups -OCH3 is 1. The zero-order chi connectivity index (χ0) is 52.3. The number of carbonyl (C=O) groups is 4.